The summed E-state index contributed by atoms with van der Waals surface area (Å²) < 4.78 is 57.5. The Morgan fingerprint density at radius 2 is 1.47 bits per heavy atom. The van der Waals surface area contributed by atoms with Crippen LogP contribution in [0.25, 0.3) is 0 Å². The van der Waals surface area contributed by atoms with Gasteiger partial charge in [0, 0.05) is 10.7 Å². The monoisotopic (exact) mass is 280 g/mol. The zero-order valence-electron chi connectivity index (χ0n) is 6.95. The summed E-state index contributed by atoms with van der Waals surface area (Å²) in [5.74, 6) is 0. The molecule has 0 heterocycles. The predicted molar refractivity (Wildman–Crippen MR) is 51.7 cm³/mol. The third-order valence-corrected chi connectivity index (χ3v) is 2.83. The molecule has 2 nitrogen and oxygen atoms in total. The minimum atomic E-state index is -4.48. The fourth-order valence-electron chi connectivity index (χ4n) is 0.806. The molecule has 8 heteroatoms. The van der Waals surface area contributed by atoms with Crippen molar-refractivity contribution in [2.45, 2.75) is 11.1 Å². The van der Waals surface area contributed by atoms with Gasteiger partial charge in [-0.2, -0.15) is 13.2 Å². The lowest BCUT2D eigenvalue weighted by molar-refractivity contribution is -0.137. The first-order valence-corrected chi connectivity index (χ1v) is 5.64. The Labute approximate surface area is 94.9 Å². The van der Waals surface area contributed by atoms with Gasteiger partial charge in [-0.15, -0.1) is 12.4 Å². The lowest BCUT2D eigenvalue weighted by atomic mass is 10.2. The average molecular weight is 281 g/mol. The minimum absolute atomic E-state index is 0. The molecule has 0 spiro atoms. The maximum absolute atomic E-state index is 12.0. The van der Waals surface area contributed by atoms with Gasteiger partial charge in [0.15, 0.2) is 0 Å². The van der Waals surface area contributed by atoms with Crippen LogP contribution in [-0.4, -0.2) is 8.42 Å². The van der Waals surface area contributed by atoms with Crippen molar-refractivity contribution in [3.05, 3.63) is 29.8 Å². The minimum Gasteiger partial charge on any atom is -0.207 e. The Hall–Kier alpha value is -0.460. The molecule has 1 rings (SSSR count). The van der Waals surface area contributed by atoms with Crippen molar-refractivity contribution in [3.63, 3.8) is 0 Å². The van der Waals surface area contributed by atoms with Gasteiger partial charge in [0.1, 0.15) is 0 Å². The molecule has 86 valence electrons. The highest BCUT2D eigenvalue weighted by Gasteiger charge is 2.30. The molecule has 0 N–H and O–H groups in total. The Bertz CT molecular complexity index is 425. The van der Waals surface area contributed by atoms with Crippen LogP contribution < -0.4 is 0 Å². The van der Waals surface area contributed by atoms with E-state index in [4.69, 9.17) is 10.7 Å². The van der Waals surface area contributed by atoms with E-state index in [2.05, 4.69) is 0 Å². The highest BCUT2D eigenvalue weighted by Crippen LogP contribution is 2.30. The standard InChI is InChI=1S/C7H4ClF3O2S.ClH/c8-14(12,13)6-3-1-5(2-4-6)7(9,10)11;/h1-4H;1H. The first-order valence-electron chi connectivity index (χ1n) is 3.33. The molecule has 0 unspecified atom stereocenters. The first-order chi connectivity index (χ1) is 6.21. The predicted octanol–water partition coefficient (Wildman–Crippen LogP) is 3.05. The van der Waals surface area contributed by atoms with Gasteiger partial charge >= 0.3 is 6.18 Å². The summed E-state index contributed by atoms with van der Waals surface area (Å²) in [4.78, 5) is -0.354. The average Bonchev–Trinajstić information content (AvgIpc) is 2.01. The topological polar surface area (TPSA) is 34.1 Å². The molecule has 0 aliphatic heterocycles. The maximum atomic E-state index is 12.0. The fourth-order valence-corrected chi connectivity index (χ4v) is 1.58. The van der Waals surface area contributed by atoms with Crippen molar-refractivity contribution >= 4 is 32.1 Å². The number of halogens is 5. The van der Waals surface area contributed by atoms with E-state index in [0.29, 0.717) is 12.1 Å². The summed E-state index contributed by atoms with van der Waals surface area (Å²) in [6, 6.07) is 2.95. The second-order valence-corrected chi connectivity index (χ2v) is 5.03. The van der Waals surface area contributed by atoms with Crippen molar-refractivity contribution in [2.75, 3.05) is 0 Å². The summed E-state index contributed by atoms with van der Waals surface area (Å²) in [7, 11) is 0.956. The van der Waals surface area contributed by atoms with Gasteiger partial charge in [0.25, 0.3) is 9.05 Å². The largest absolute Gasteiger partial charge is 0.416 e. The quantitative estimate of drug-likeness (QED) is 0.741. The molecule has 0 saturated heterocycles. The van der Waals surface area contributed by atoms with Crippen LogP contribution >= 0.6 is 23.1 Å². The summed E-state index contributed by atoms with van der Waals surface area (Å²) in [5, 5.41) is 0. The van der Waals surface area contributed by atoms with E-state index in [1.165, 1.54) is 0 Å². The number of hydrogen-bond acceptors (Lipinski definition) is 2. The molecule has 1 aromatic carbocycles. The van der Waals surface area contributed by atoms with Crippen LogP contribution in [0.4, 0.5) is 13.2 Å². The number of hydrogen-bond donors (Lipinski definition) is 0. The van der Waals surface area contributed by atoms with Gasteiger partial charge in [0.05, 0.1) is 10.5 Å². The van der Waals surface area contributed by atoms with Gasteiger partial charge in [-0.05, 0) is 24.3 Å². The van der Waals surface area contributed by atoms with Gasteiger partial charge in [0.2, 0.25) is 0 Å². The molecule has 0 fully saturated rings. The summed E-state index contributed by atoms with van der Waals surface area (Å²) >= 11 is 0. The van der Waals surface area contributed by atoms with Gasteiger partial charge in [-0.25, -0.2) is 8.42 Å². The normalized spacial score (nSPS) is 12.0. The van der Waals surface area contributed by atoms with E-state index in [-0.39, 0.29) is 17.3 Å². The van der Waals surface area contributed by atoms with Crippen LogP contribution in [-0.2, 0) is 15.2 Å². The van der Waals surface area contributed by atoms with Gasteiger partial charge in [-0.1, -0.05) is 0 Å². The Morgan fingerprint density at radius 3 is 1.73 bits per heavy atom. The number of benzene rings is 1. The Balaban J connectivity index is 0.00000196. The van der Waals surface area contributed by atoms with Crippen LogP contribution in [0.3, 0.4) is 0 Å². The van der Waals surface area contributed by atoms with Crippen molar-refractivity contribution in [3.8, 4) is 0 Å². The lowest BCUT2D eigenvalue weighted by Gasteiger charge is -2.05. The van der Waals surface area contributed by atoms with E-state index >= 15 is 0 Å². The zero-order valence-corrected chi connectivity index (χ0v) is 9.34. The molecule has 0 amide bonds. The highest BCUT2D eigenvalue weighted by atomic mass is 35.7. The molecule has 0 aliphatic carbocycles. The first kappa shape index (κ1) is 14.5. The van der Waals surface area contributed by atoms with Crippen LogP contribution in [0, 0.1) is 0 Å². The molecular weight excluding hydrogens is 276 g/mol. The van der Waals surface area contributed by atoms with E-state index in [9.17, 15) is 21.6 Å². The Morgan fingerprint density at radius 1 is 1.07 bits per heavy atom. The van der Waals surface area contributed by atoms with E-state index < -0.39 is 20.8 Å². The summed E-state index contributed by atoms with van der Waals surface area (Å²) in [6.07, 6.45) is -4.48. The third kappa shape index (κ3) is 3.89. The molecule has 0 radical (unpaired) electrons. The molecule has 1 aromatic rings. The van der Waals surface area contributed by atoms with E-state index in [0.717, 1.165) is 12.1 Å². The van der Waals surface area contributed by atoms with Crippen molar-refractivity contribution < 1.29 is 21.6 Å². The smallest absolute Gasteiger partial charge is 0.207 e. The summed E-state index contributed by atoms with van der Waals surface area (Å²) in [6.45, 7) is 0. The molecule has 0 saturated carbocycles. The number of rotatable bonds is 1. The maximum Gasteiger partial charge on any atom is 0.416 e. The van der Waals surface area contributed by atoms with E-state index in [1.54, 1.807) is 0 Å². The second-order valence-electron chi connectivity index (χ2n) is 2.46. The van der Waals surface area contributed by atoms with Crippen LogP contribution in [0.2, 0.25) is 0 Å². The van der Waals surface area contributed by atoms with Crippen LogP contribution in [0.15, 0.2) is 29.2 Å². The molecule has 0 aliphatic rings. The lowest BCUT2D eigenvalue weighted by Crippen LogP contribution is -2.04. The molecular formula is C7H5Cl2F3O2S. The zero-order chi connectivity index (χ0) is 11.0. The fraction of sp³-hybridized carbons (Fsp3) is 0.143. The van der Waals surface area contributed by atoms with Crippen LogP contribution in [0.5, 0.6) is 0 Å². The van der Waals surface area contributed by atoms with Crippen LogP contribution in [0.1, 0.15) is 5.56 Å². The number of alkyl halides is 3. The SMILES string of the molecule is Cl.O=S(=O)(Cl)c1ccc(C(F)(F)F)cc1. The second kappa shape index (κ2) is 4.59. The highest BCUT2D eigenvalue weighted by molar-refractivity contribution is 8.13. The van der Waals surface area contributed by atoms with Gasteiger partial charge < -0.3 is 0 Å². The Kier molecular flexibility index (Phi) is 4.45. The van der Waals surface area contributed by atoms with E-state index in [1.807, 2.05) is 0 Å². The molecule has 0 atom stereocenters. The van der Waals surface area contributed by atoms with Crippen molar-refractivity contribution in [1.29, 1.82) is 0 Å². The molecule has 0 bridgehead atoms. The van der Waals surface area contributed by atoms with Crippen molar-refractivity contribution in [1.82, 2.24) is 0 Å². The molecule has 0 aromatic heterocycles. The van der Waals surface area contributed by atoms with Crippen molar-refractivity contribution in [2.24, 2.45) is 0 Å². The van der Waals surface area contributed by atoms with Gasteiger partial charge in [-0.3, -0.25) is 0 Å². The third-order valence-electron chi connectivity index (χ3n) is 1.46. The molecule has 15 heavy (non-hydrogen) atoms. The summed E-state index contributed by atoms with van der Waals surface area (Å²) in [5.41, 5.74) is -0.915.